The van der Waals surface area contributed by atoms with E-state index < -0.39 is 0 Å². The molecular weight excluding hydrogens is 280 g/mol. The van der Waals surface area contributed by atoms with Gasteiger partial charge >= 0.3 is 0 Å². The third-order valence-electron chi connectivity index (χ3n) is 2.20. The van der Waals surface area contributed by atoms with Crippen LogP contribution in [-0.2, 0) is 9.47 Å². The van der Waals surface area contributed by atoms with E-state index in [1.165, 1.54) is 4.90 Å². The summed E-state index contributed by atoms with van der Waals surface area (Å²) in [6.07, 6.45) is 0.367. The van der Waals surface area contributed by atoms with Gasteiger partial charge in [-0.05, 0) is 38.1 Å². The second-order valence-corrected chi connectivity index (χ2v) is 5.53. The van der Waals surface area contributed by atoms with E-state index >= 15 is 0 Å². The van der Waals surface area contributed by atoms with E-state index in [0.717, 1.165) is 10.8 Å². The van der Waals surface area contributed by atoms with Crippen LogP contribution in [0.5, 0.6) is 0 Å². The van der Waals surface area contributed by atoms with E-state index in [9.17, 15) is 0 Å². The van der Waals surface area contributed by atoms with Crippen molar-refractivity contribution in [3.63, 3.8) is 0 Å². The predicted octanol–water partition coefficient (Wildman–Crippen LogP) is 4.90. The second-order valence-electron chi connectivity index (χ2n) is 4.00. The zero-order chi connectivity index (χ0) is 14.7. The summed E-state index contributed by atoms with van der Waals surface area (Å²) in [7, 11) is 1.72. The average molecular weight is 305 g/mol. The molecule has 0 heterocycles. The van der Waals surface area contributed by atoms with Gasteiger partial charge in [0.05, 0.1) is 18.8 Å². The van der Waals surface area contributed by atoms with Gasteiger partial charge in [0.1, 0.15) is 0 Å². The Kier molecular flexibility index (Phi) is 11.5. The van der Waals surface area contributed by atoms with Gasteiger partial charge in [0.15, 0.2) is 0 Å². The maximum absolute atomic E-state index is 5.83. The van der Waals surface area contributed by atoms with Crippen LogP contribution in [0.4, 0.5) is 0 Å². The molecule has 4 heteroatoms. The molecule has 1 aromatic carbocycles. The molecule has 1 unspecified atom stereocenters. The van der Waals surface area contributed by atoms with Crippen molar-refractivity contribution >= 4 is 23.4 Å². The number of halogens is 1. The zero-order valence-corrected chi connectivity index (χ0v) is 14.1. The Bertz CT molecular complexity index is 314. The number of rotatable bonds is 7. The lowest BCUT2D eigenvalue weighted by molar-refractivity contribution is -0.00478. The number of thioether (sulfide) groups is 1. The maximum atomic E-state index is 5.83. The molecule has 0 aliphatic heterocycles. The van der Waals surface area contributed by atoms with Crippen LogP contribution in [0.2, 0.25) is 5.02 Å². The first-order valence-corrected chi connectivity index (χ1v) is 8.01. The topological polar surface area (TPSA) is 18.5 Å². The number of ether oxygens (including phenoxy) is 2. The van der Waals surface area contributed by atoms with Crippen LogP contribution in [-0.4, -0.2) is 31.7 Å². The first-order valence-electron chi connectivity index (χ1n) is 6.64. The van der Waals surface area contributed by atoms with Crippen molar-refractivity contribution in [1.29, 1.82) is 0 Å². The molecule has 0 fully saturated rings. The van der Waals surface area contributed by atoms with Crippen LogP contribution in [0, 0.1) is 0 Å². The molecule has 0 saturated heterocycles. The lowest BCUT2D eigenvalue weighted by Crippen LogP contribution is -2.23. The molecule has 0 radical (unpaired) electrons. The van der Waals surface area contributed by atoms with E-state index in [1.54, 1.807) is 18.9 Å². The highest BCUT2D eigenvalue weighted by molar-refractivity contribution is 7.99. The highest BCUT2D eigenvalue weighted by Crippen LogP contribution is 2.21. The molecule has 0 amide bonds. The van der Waals surface area contributed by atoms with Gasteiger partial charge in [-0.15, -0.1) is 11.8 Å². The fraction of sp³-hybridized carbons (Fsp3) is 0.600. The van der Waals surface area contributed by atoms with Crippen molar-refractivity contribution < 1.29 is 9.47 Å². The molecule has 1 aromatic rings. The Morgan fingerprint density at radius 3 is 2.21 bits per heavy atom. The molecule has 1 atom stereocenters. The molecule has 19 heavy (non-hydrogen) atoms. The van der Waals surface area contributed by atoms with Crippen molar-refractivity contribution in [2.45, 2.75) is 44.8 Å². The number of methoxy groups -OCH3 is 1. The molecule has 0 bridgehead atoms. The lowest BCUT2D eigenvalue weighted by atomic mass is 10.4. The molecule has 0 aliphatic carbocycles. The van der Waals surface area contributed by atoms with Gasteiger partial charge in [-0.3, -0.25) is 0 Å². The van der Waals surface area contributed by atoms with Gasteiger partial charge in [-0.2, -0.15) is 0 Å². The highest BCUT2D eigenvalue weighted by Gasteiger charge is 2.09. The maximum Gasteiger partial charge on any atom is 0.0898 e. The summed E-state index contributed by atoms with van der Waals surface area (Å²) in [5.41, 5.74) is 0. The Morgan fingerprint density at radius 1 is 1.16 bits per heavy atom. The molecule has 0 spiro atoms. The molecule has 0 aromatic heterocycles. The SMILES string of the molecule is CC.COC(COC(C)C)CSc1ccc(Cl)cc1. The van der Waals surface area contributed by atoms with E-state index in [4.69, 9.17) is 21.1 Å². The molecule has 2 nitrogen and oxygen atoms in total. The normalized spacial score (nSPS) is 11.9. The smallest absolute Gasteiger partial charge is 0.0898 e. The molecular formula is C15H25ClO2S. The fourth-order valence-electron chi connectivity index (χ4n) is 1.20. The van der Waals surface area contributed by atoms with Crippen molar-refractivity contribution in [3.8, 4) is 0 Å². The fourth-order valence-corrected chi connectivity index (χ4v) is 2.27. The number of hydrogen-bond donors (Lipinski definition) is 0. The molecule has 1 rings (SSSR count). The van der Waals surface area contributed by atoms with E-state index in [2.05, 4.69) is 0 Å². The summed E-state index contributed by atoms with van der Waals surface area (Å²) in [6, 6.07) is 7.83. The molecule has 0 saturated carbocycles. The van der Waals surface area contributed by atoms with Crippen molar-refractivity contribution in [1.82, 2.24) is 0 Å². The van der Waals surface area contributed by atoms with Crippen LogP contribution < -0.4 is 0 Å². The van der Waals surface area contributed by atoms with Crippen LogP contribution in [0.15, 0.2) is 29.2 Å². The summed E-state index contributed by atoms with van der Waals surface area (Å²) in [5.74, 6) is 0.880. The van der Waals surface area contributed by atoms with Crippen LogP contribution in [0.25, 0.3) is 0 Å². The minimum atomic E-state index is 0.123. The summed E-state index contributed by atoms with van der Waals surface area (Å²) in [4.78, 5) is 1.20. The third kappa shape index (κ3) is 9.33. The number of hydrogen-bond acceptors (Lipinski definition) is 3. The Morgan fingerprint density at radius 2 is 1.74 bits per heavy atom. The summed E-state index contributed by atoms with van der Waals surface area (Å²) >= 11 is 7.58. The lowest BCUT2D eigenvalue weighted by Gasteiger charge is -2.16. The predicted molar refractivity (Wildman–Crippen MR) is 85.4 cm³/mol. The molecule has 0 aliphatic rings. The molecule has 0 N–H and O–H groups in total. The first kappa shape index (κ1) is 18.8. The second kappa shape index (κ2) is 11.6. The Labute approximate surface area is 126 Å². The van der Waals surface area contributed by atoms with Gasteiger partial charge in [0, 0.05) is 22.8 Å². The van der Waals surface area contributed by atoms with Gasteiger partial charge in [-0.25, -0.2) is 0 Å². The monoisotopic (exact) mass is 304 g/mol. The Hall–Kier alpha value is -0.220. The van der Waals surface area contributed by atoms with Gasteiger partial charge < -0.3 is 9.47 Å². The van der Waals surface area contributed by atoms with Crippen molar-refractivity contribution in [2.75, 3.05) is 19.5 Å². The van der Waals surface area contributed by atoms with Crippen LogP contribution >= 0.6 is 23.4 Å². The highest BCUT2D eigenvalue weighted by atomic mass is 35.5. The standard InChI is InChI=1S/C13H19ClO2S.C2H6/c1-10(2)16-8-12(15-3)9-17-13-6-4-11(14)5-7-13;1-2/h4-7,10,12H,8-9H2,1-3H3;1-2H3. The van der Waals surface area contributed by atoms with Crippen LogP contribution in [0.3, 0.4) is 0 Å². The quantitative estimate of drug-likeness (QED) is 0.668. The Balaban J connectivity index is 0.00000154. The van der Waals surface area contributed by atoms with Crippen molar-refractivity contribution in [2.24, 2.45) is 0 Å². The minimum absolute atomic E-state index is 0.123. The van der Waals surface area contributed by atoms with E-state index in [1.807, 2.05) is 52.0 Å². The van der Waals surface area contributed by atoms with Gasteiger partial charge in [0.25, 0.3) is 0 Å². The number of benzene rings is 1. The summed E-state index contributed by atoms with van der Waals surface area (Å²) < 4.78 is 10.9. The van der Waals surface area contributed by atoms with Crippen molar-refractivity contribution in [3.05, 3.63) is 29.3 Å². The van der Waals surface area contributed by atoms with Gasteiger partial charge in [0.2, 0.25) is 0 Å². The van der Waals surface area contributed by atoms with Crippen LogP contribution in [0.1, 0.15) is 27.7 Å². The summed E-state index contributed by atoms with van der Waals surface area (Å²) in [6.45, 7) is 8.69. The van der Waals surface area contributed by atoms with E-state index in [0.29, 0.717) is 6.61 Å². The summed E-state index contributed by atoms with van der Waals surface area (Å²) in [5, 5.41) is 0.765. The van der Waals surface area contributed by atoms with Gasteiger partial charge in [-0.1, -0.05) is 25.4 Å². The minimum Gasteiger partial charge on any atom is -0.378 e. The van der Waals surface area contributed by atoms with E-state index in [-0.39, 0.29) is 12.2 Å². The zero-order valence-electron chi connectivity index (χ0n) is 12.5. The average Bonchev–Trinajstić information content (AvgIpc) is 2.43. The first-order chi connectivity index (χ1) is 9.11. The largest absolute Gasteiger partial charge is 0.378 e. The molecule has 110 valence electrons. The third-order valence-corrected chi connectivity index (χ3v) is 3.59.